The lowest BCUT2D eigenvalue weighted by molar-refractivity contribution is 0.476. The summed E-state index contributed by atoms with van der Waals surface area (Å²) < 4.78 is 0. The van der Waals surface area contributed by atoms with Gasteiger partial charge in [-0.2, -0.15) is 0 Å². The van der Waals surface area contributed by atoms with Gasteiger partial charge in [0, 0.05) is 6.04 Å². The first-order valence-electron chi connectivity index (χ1n) is 8.20. The fraction of sp³-hybridized carbons (Fsp3) is 0.333. The number of hydrogen-bond donors (Lipinski definition) is 1. The number of nitrogens with one attached hydrogen (secondary N) is 1. The van der Waals surface area contributed by atoms with Crippen LogP contribution in [0.2, 0.25) is 0 Å². The summed E-state index contributed by atoms with van der Waals surface area (Å²) in [6.07, 6.45) is 4.30. The van der Waals surface area contributed by atoms with E-state index in [4.69, 9.17) is 0 Å². The van der Waals surface area contributed by atoms with Crippen molar-refractivity contribution >= 4 is 0 Å². The van der Waals surface area contributed by atoms with E-state index in [1.807, 2.05) is 6.08 Å². The predicted molar refractivity (Wildman–Crippen MR) is 96.9 cm³/mol. The van der Waals surface area contributed by atoms with Gasteiger partial charge < -0.3 is 5.32 Å². The Hall–Kier alpha value is -1.86. The molecule has 0 radical (unpaired) electrons. The molecule has 2 aromatic carbocycles. The number of rotatable bonds is 8. The molecular formula is C21H27N. The smallest absolute Gasteiger partial charge is 0.0291 e. The molecule has 0 aliphatic heterocycles. The fourth-order valence-electron chi connectivity index (χ4n) is 2.66. The van der Waals surface area contributed by atoms with Gasteiger partial charge in [0.15, 0.2) is 0 Å². The average Bonchev–Trinajstić information content (AvgIpc) is 2.56. The highest BCUT2D eigenvalue weighted by Crippen LogP contribution is 2.21. The molecule has 0 fully saturated rings. The van der Waals surface area contributed by atoms with Crippen LogP contribution in [0.5, 0.6) is 0 Å². The van der Waals surface area contributed by atoms with Crippen molar-refractivity contribution in [1.29, 1.82) is 0 Å². The number of benzene rings is 2. The second-order valence-electron chi connectivity index (χ2n) is 6.08. The van der Waals surface area contributed by atoms with E-state index in [9.17, 15) is 0 Å². The van der Waals surface area contributed by atoms with E-state index in [1.165, 1.54) is 23.1 Å². The van der Waals surface area contributed by atoms with Gasteiger partial charge in [-0.25, -0.2) is 0 Å². The second kappa shape index (κ2) is 8.55. The summed E-state index contributed by atoms with van der Waals surface area (Å²) in [5, 5.41) is 3.61. The van der Waals surface area contributed by atoms with Crippen LogP contribution in [0.1, 0.15) is 38.3 Å². The lowest BCUT2D eigenvalue weighted by atomic mass is 10.0. The zero-order valence-electron chi connectivity index (χ0n) is 13.8. The molecule has 0 spiro atoms. The SMILES string of the molecule is C=CCC(C)CCNC(C)c1ccc(-c2ccccc2)cc1. The number of allylic oxidation sites excluding steroid dienone is 1. The van der Waals surface area contributed by atoms with Crippen LogP contribution in [0.25, 0.3) is 11.1 Å². The molecule has 0 saturated carbocycles. The Morgan fingerprint density at radius 2 is 1.59 bits per heavy atom. The van der Waals surface area contributed by atoms with Crippen LogP contribution in [-0.4, -0.2) is 6.54 Å². The third-order valence-electron chi connectivity index (χ3n) is 4.17. The van der Waals surface area contributed by atoms with Crippen molar-refractivity contribution in [2.45, 2.75) is 32.7 Å². The second-order valence-corrected chi connectivity index (χ2v) is 6.08. The summed E-state index contributed by atoms with van der Waals surface area (Å²) in [7, 11) is 0. The van der Waals surface area contributed by atoms with E-state index in [-0.39, 0.29) is 0 Å². The van der Waals surface area contributed by atoms with Crippen LogP contribution >= 0.6 is 0 Å². The Labute approximate surface area is 135 Å². The molecule has 2 unspecified atom stereocenters. The zero-order chi connectivity index (χ0) is 15.8. The summed E-state index contributed by atoms with van der Waals surface area (Å²) in [5.41, 5.74) is 3.89. The van der Waals surface area contributed by atoms with Crippen molar-refractivity contribution in [1.82, 2.24) is 5.32 Å². The van der Waals surface area contributed by atoms with Gasteiger partial charge in [-0.1, -0.05) is 67.6 Å². The van der Waals surface area contributed by atoms with Crippen LogP contribution in [0, 0.1) is 5.92 Å². The topological polar surface area (TPSA) is 12.0 Å². The summed E-state index contributed by atoms with van der Waals surface area (Å²) in [4.78, 5) is 0. The van der Waals surface area contributed by atoms with E-state index >= 15 is 0 Å². The summed E-state index contributed by atoms with van der Waals surface area (Å²) in [6, 6.07) is 19.8. The van der Waals surface area contributed by atoms with Crippen LogP contribution in [0.3, 0.4) is 0 Å². The van der Waals surface area contributed by atoms with Crippen molar-refractivity contribution in [3.05, 3.63) is 72.8 Å². The van der Waals surface area contributed by atoms with Gasteiger partial charge in [0.1, 0.15) is 0 Å². The van der Waals surface area contributed by atoms with Gasteiger partial charge in [-0.15, -0.1) is 6.58 Å². The van der Waals surface area contributed by atoms with Crippen molar-refractivity contribution in [3.8, 4) is 11.1 Å². The molecule has 0 aliphatic rings. The van der Waals surface area contributed by atoms with Crippen LogP contribution < -0.4 is 5.32 Å². The highest BCUT2D eigenvalue weighted by atomic mass is 14.9. The van der Waals surface area contributed by atoms with E-state index in [0.717, 1.165) is 13.0 Å². The minimum absolute atomic E-state index is 0.390. The van der Waals surface area contributed by atoms with Gasteiger partial charge in [-0.3, -0.25) is 0 Å². The highest BCUT2D eigenvalue weighted by Gasteiger charge is 2.06. The minimum Gasteiger partial charge on any atom is -0.310 e. The first kappa shape index (κ1) is 16.5. The molecule has 0 saturated heterocycles. The molecule has 2 atom stereocenters. The molecule has 0 heterocycles. The normalized spacial score (nSPS) is 13.5. The van der Waals surface area contributed by atoms with Crippen molar-refractivity contribution < 1.29 is 0 Å². The van der Waals surface area contributed by atoms with Crippen LogP contribution in [0.15, 0.2) is 67.3 Å². The molecule has 0 aromatic heterocycles. The van der Waals surface area contributed by atoms with Crippen LogP contribution in [0.4, 0.5) is 0 Å². The van der Waals surface area contributed by atoms with Gasteiger partial charge in [0.2, 0.25) is 0 Å². The first-order valence-corrected chi connectivity index (χ1v) is 8.20. The van der Waals surface area contributed by atoms with E-state index in [2.05, 4.69) is 80.3 Å². The third kappa shape index (κ3) is 4.85. The minimum atomic E-state index is 0.390. The Kier molecular flexibility index (Phi) is 6.42. The van der Waals surface area contributed by atoms with Crippen molar-refractivity contribution in [2.24, 2.45) is 5.92 Å². The van der Waals surface area contributed by atoms with E-state index in [1.54, 1.807) is 0 Å². The first-order chi connectivity index (χ1) is 10.7. The maximum Gasteiger partial charge on any atom is 0.0291 e. The van der Waals surface area contributed by atoms with Crippen LogP contribution in [-0.2, 0) is 0 Å². The van der Waals surface area contributed by atoms with E-state index in [0.29, 0.717) is 12.0 Å². The Bertz CT molecular complexity index is 556. The summed E-state index contributed by atoms with van der Waals surface area (Å²) in [5.74, 6) is 0.706. The largest absolute Gasteiger partial charge is 0.310 e. The Balaban J connectivity index is 1.88. The van der Waals surface area contributed by atoms with Crippen molar-refractivity contribution in [2.75, 3.05) is 6.54 Å². The van der Waals surface area contributed by atoms with Gasteiger partial charge >= 0.3 is 0 Å². The van der Waals surface area contributed by atoms with Gasteiger partial charge in [0.05, 0.1) is 0 Å². The third-order valence-corrected chi connectivity index (χ3v) is 4.17. The monoisotopic (exact) mass is 293 g/mol. The van der Waals surface area contributed by atoms with Gasteiger partial charge in [-0.05, 0) is 48.9 Å². The molecule has 1 nitrogen and oxygen atoms in total. The molecule has 116 valence electrons. The average molecular weight is 293 g/mol. The lowest BCUT2D eigenvalue weighted by Gasteiger charge is -2.16. The Morgan fingerprint density at radius 3 is 2.23 bits per heavy atom. The maximum atomic E-state index is 3.80. The molecule has 0 aliphatic carbocycles. The molecular weight excluding hydrogens is 266 g/mol. The standard InChI is InChI=1S/C21H27N/c1-4-8-17(2)15-16-22-18(3)19-11-13-21(14-12-19)20-9-6-5-7-10-20/h4-7,9-14,17-18,22H,1,8,15-16H2,2-3H3. The Morgan fingerprint density at radius 1 is 0.955 bits per heavy atom. The molecule has 2 rings (SSSR count). The fourth-order valence-corrected chi connectivity index (χ4v) is 2.66. The maximum absolute atomic E-state index is 3.80. The summed E-state index contributed by atoms with van der Waals surface area (Å²) >= 11 is 0. The van der Waals surface area contributed by atoms with Crippen molar-refractivity contribution in [3.63, 3.8) is 0 Å². The molecule has 1 N–H and O–H groups in total. The molecule has 0 amide bonds. The predicted octanol–water partition coefficient (Wildman–Crippen LogP) is 5.61. The molecule has 22 heavy (non-hydrogen) atoms. The summed E-state index contributed by atoms with van der Waals surface area (Å²) in [6.45, 7) is 9.37. The molecule has 2 aromatic rings. The lowest BCUT2D eigenvalue weighted by Crippen LogP contribution is -2.21. The zero-order valence-corrected chi connectivity index (χ0v) is 13.8. The van der Waals surface area contributed by atoms with E-state index < -0.39 is 0 Å². The quantitative estimate of drug-likeness (QED) is 0.624. The van der Waals surface area contributed by atoms with Gasteiger partial charge in [0.25, 0.3) is 0 Å². The molecule has 0 bridgehead atoms. The number of hydrogen-bond acceptors (Lipinski definition) is 1. The highest BCUT2D eigenvalue weighted by molar-refractivity contribution is 5.63. The molecule has 1 heteroatoms.